The first-order valence-corrected chi connectivity index (χ1v) is 10.7. The third-order valence-corrected chi connectivity index (χ3v) is 5.52. The fourth-order valence-electron chi connectivity index (χ4n) is 3.89. The molecule has 2 aromatic carbocycles. The Labute approximate surface area is 194 Å². The number of fused-ring (bicyclic) bond motifs is 1. The largest absolute Gasteiger partial charge is 0.462 e. The molecule has 174 valence electrons. The molecular formula is C25H24N4O5. The summed E-state index contributed by atoms with van der Waals surface area (Å²) in [4.78, 5) is 50.6. The van der Waals surface area contributed by atoms with Crippen LogP contribution in [0.4, 0.5) is 5.69 Å². The first-order chi connectivity index (χ1) is 16.3. The van der Waals surface area contributed by atoms with E-state index in [1.165, 1.54) is 11.6 Å². The van der Waals surface area contributed by atoms with Gasteiger partial charge in [-0.2, -0.15) is 0 Å². The highest BCUT2D eigenvalue weighted by atomic mass is 16.5. The molecule has 0 saturated carbocycles. The normalized spacial score (nSPS) is 10.9. The van der Waals surface area contributed by atoms with Gasteiger partial charge in [0, 0.05) is 31.5 Å². The standard InChI is InChI=1S/C25H24N4O5/c1-4-34-24(32)17-10-12-18(13-11-17)26-20(30)15-29-21-19(16-8-6-5-7-9-16)14-27(2)22(21)23(31)28(3)25(29)33/h5-14H,4,15H2,1-3H3,(H,26,30). The van der Waals surface area contributed by atoms with E-state index in [-0.39, 0.29) is 13.2 Å². The number of aromatic nitrogens is 3. The topological polar surface area (TPSA) is 104 Å². The van der Waals surface area contributed by atoms with E-state index in [9.17, 15) is 19.2 Å². The van der Waals surface area contributed by atoms with E-state index in [1.54, 1.807) is 49.0 Å². The molecule has 2 heterocycles. The molecule has 0 spiro atoms. The number of rotatable bonds is 6. The van der Waals surface area contributed by atoms with E-state index in [1.807, 2.05) is 30.3 Å². The van der Waals surface area contributed by atoms with Gasteiger partial charge in [0.25, 0.3) is 5.56 Å². The van der Waals surface area contributed by atoms with Crippen LogP contribution in [0, 0.1) is 0 Å². The minimum Gasteiger partial charge on any atom is -0.462 e. The number of amides is 1. The number of nitrogens with one attached hydrogen (secondary N) is 1. The van der Waals surface area contributed by atoms with Crippen LogP contribution >= 0.6 is 0 Å². The SMILES string of the molecule is CCOC(=O)c1ccc(NC(=O)Cn2c(=O)n(C)c(=O)c3c2c(-c2ccccc2)cn3C)cc1. The second-order valence-electron chi connectivity index (χ2n) is 7.80. The minimum absolute atomic E-state index is 0.268. The van der Waals surface area contributed by atoms with Crippen molar-refractivity contribution in [3.05, 3.63) is 87.2 Å². The Bertz CT molecular complexity index is 1500. The van der Waals surface area contributed by atoms with E-state index in [0.29, 0.717) is 27.8 Å². The van der Waals surface area contributed by atoms with Crippen molar-refractivity contribution in [3.8, 4) is 11.1 Å². The maximum Gasteiger partial charge on any atom is 0.338 e. The van der Waals surface area contributed by atoms with E-state index in [2.05, 4.69) is 5.32 Å². The molecule has 34 heavy (non-hydrogen) atoms. The van der Waals surface area contributed by atoms with E-state index in [4.69, 9.17) is 4.74 Å². The summed E-state index contributed by atoms with van der Waals surface area (Å²) in [5.74, 6) is -0.897. The van der Waals surface area contributed by atoms with Crippen LogP contribution in [0.15, 0.2) is 70.4 Å². The van der Waals surface area contributed by atoms with Gasteiger partial charge in [0.05, 0.1) is 17.7 Å². The third-order valence-electron chi connectivity index (χ3n) is 5.52. The van der Waals surface area contributed by atoms with E-state index in [0.717, 1.165) is 10.1 Å². The Hall–Kier alpha value is -4.40. The van der Waals surface area contributed by atoms with Crippen molar-refractivity contribution < 1.29 is 14.3 Å². The lowest BCUT2D eigenvalue weighted by Gasteiger charge is -2.12. The summed E-state index contributed by atoms with van der Waals surface area (Å²) in [6.07, 6.45) is 1.78. The van der Waals surface area contributed by atoms with Gasteiger partial charge in [-0.3, -0.25) is 18.7 Å². The van der Waals surface area contributed by atoms with Gasteiger partial charge in [-0.1, -0.05) is 30.3 Å². The number of aryl methyl sites for hydroxylation is 1. The number of ether oxygens (including phenoxy) is 1. The maximum atomic E-state index is 13.1. The third kappa shape index (κ3) is 4.15. The summed E-state index contributed by atoms with van der Waals surface area (Å²) >= 11 is 0. The second kappa shape index (κ2) is 9.22. The molecule has 0 fully saturated rings. The van der Waals surface area contributed by atoms with Gasteiger partial charge in [0.15, 0.2) is 0 Å². The first-order valence-electron chi connectivity index (χ1n) is 10.7. The van der Waals surface area contributed by atoms with Crippen molar-refractivity contribution in [2.45, 2.75) is 13.5 Å². The number of carbonyl (C=O) groups is 2. The van der Waals surface area contributed by atoms with Crippen molar-refractivity contribution in [3.63, 3.8) is 0 Å². The number of benzene rings is 2. The molecule has 9 heteroatoms. The Morgan fingerprint density at radius 1 is 0.941 bits per heavy atom. The Morgan fingerprint density at radius 2 is 1.62 bits per heavy atom. The summed E-state index contributed by atoms with van der Waals surface area (Å²) in [5.41, 5.74) is 2.03. The molecule has 0 atom stereocenters. The number of carbonyl (C=O) groups excluding carboxylic acids is 2. The summed E-state index contributed by atoms with van der Waals surface area (Å²) < 4.78 is 8.93. The zero-order valence-corrected chi connectivity index (χ0v) is 19.1. The average Bonchev–Trinajstić information content (AvgIpc) is 3.18. The molecule has 0 bridgehead atoms. The zero-order chi connectivity index (χ0) is 24.4. The van der Waals surface area contributed by atoms with Crippen LogP contribution < -0.4 is 16.6 Å². The highest BCUT2D eigenvalue weighted by molar-refractivity contribution is 5.96. The molecule has 0 aliphatic carbocycles. The highest BCUT2D eigenvalue weighted by Crippen LogP contribution is 2.28. The van der Waals surface area contributed by atoms with Crippen molar-refractivity contribution in [1.29, 1.82) is 0 Å². The molecule has 9 nitrogen and oxygen atoms in total. The minimum atomic E-state index is -0.589. The van der Waals surface area contributed by atoms with Crippen molar-refractivity contribution in [1.82, 2.24) is 13.7 Å². The highest BCUT2D eigenvalue weighted by Gasteiger charge is 2.21. The van der Waals surface area contributed by atoms with E-state index >= 15 is 0 Å². The van der Waals surface area contributed by atoms with Gasteiger partial charge in [-0.15, -0.1) is 0 Å². The number of hydrogen-bond donors (Lipinski definition) is 1. The molecule has 4 rings (SSSR count). The van der Waals surface area contributed by atoms with Crippen LogP contribution in [-0.4, -0.2) is 32.2 Å². The average molecular weight is 460 g/mol. The summed E-state index contributed by atoms with van der Waals surface area (Å²) in [7, 11) is 3.12. The predicted octanol–water partition coefficient (Wildman–Crippen LogP) is 2.52. The van der Waals surface area contributed by atoms with Gasteiger partial charge in [-0.25, -0.2) is 9.59 Å². The number of hydrogen-bond acceptors (Lipinski definition) is 5. The summed E-state index contributed by atoms with van der Waals surface area (Å²) in [6, 6.07) is 15.6. The summed E-state index contributed by atoms with van der Waals surface area (Å²) in [5, 5.41) is 2.74. The maximum absolute atomic E-state index is 13.1. The molecule has 1 amide bonds. The Morgan fingerprint density at radius 3 is 2.26 bits per heavy atom. The molecule has 2 aromatic heterocycles. The molecule has 4 aromatic rings. The van der Waals surface area contributed by atoms with Crippen LogP contribution in [0.1, 0.15) is 17.3 Å². The van der Waals surface area contributed by atoms with Crippen molar-refractivity contribution in [2.24, 2.45) is 14.1 Å². The molecular weight excluding hydrogens is 436 g/mol. The van der Waals surface area contributed by atoms with E-state index < -0.39 is 23.1 Å². The monoisotopic (exact) mass is 460 g/mol. The second-order valence-corrected chi connectivity index (χ2v) is 7.80. The first kappa shape index (κ1) is 22.8. The Kier molecular flexibility index (Phi) is 6.18. The van der Waals surface area contributed by atoms with Gasteiger partial charge in [0.1, 0.15) is 12.1 Å². The van der Waals surface area contributed by atoms with Crippen molar-refractivity contribution >= 4 is 28.6 Å². The molecule has 1 N–H and O–H groups in total. The molecule has 0 unspecified atom stereocenters. The lowest BCUT2D eigenvalue weighted by atomic mass is 10.1. The molecule has 0 radical (unpaired) electrons. The molecule has 0 aliphatic heterocycles. The summed E-state index contributed by atoms with van der Waals surface area (Å²) in [6.45, 7) is 1.69. The number of nitrogens with zero attached hydrogens (tertiary/aromatic N) is 3. The fraction of sp³-hybridized carbons (Fsp3) is 0.200. The Balaban J connectivity index is 1.72. The smallest absolute Gasteiger partial charge is 0.338 e. The van der Waals surface area contributed by atoms with Crippen LogP contribution in [-0.2, 0) is 30.2 Å². The molecule has 0 aliphatic rings. The number of esters is 1. The van der Waals surface area contributed by atoms with Gasteiger partial charge < -0.3 is 14.6 Å². The van der Waals surface area contributed by atoms with Crippen LogP contribution in [0.5, 0.6) is 0 Å². The quantitative estimate of drug-likeness (QED) is 0.445. The van der Waals surface area contributed by atoms with Gasteiger partial charge in [0.2, 0.25) is 5.91 Å². The predicted molar refractivity (Wildman–Crippen MR) is 129 cm³/mol. The zero-order valence-electron chi connectivity index (χ0n) is 19.1. The molecule has 0 saturated heterocycles. The van der Waals surface area contributed by atoms with Crippen molar-refractivity contribution in [2.75, 3.05) is 11.9 Å². The van der Waals surface area contributed by atoms with Gasteiger partial charge >= 0.3 is 11.7 Å². The van der Waals surface area contributed by atoms with Crippen LogP contribution in [0.25, 0.3) is 22.2 Å². The van der Waals surface area contributed by atoms with Crippen LogP contribution in [0.2, 0.25) is 0 Å². The lowest BCUT2D eigenvalue weighted by Crippen LogP contribution is -2.40. The van der Waals surface area contributed by atoms with Crippen LogP contribution in [0.3, 0.4) is 0 Å². The van der Waals surface area contributed by atoms with Gasteiger partial charge in [-0.05, 0) is 36.8 Å². The fourth-order valence-corrected chi connectivity index (χ4v) is 3.89. The number of anilines is 1. The lowest BCUT2D eigenvalue weighted by molar-refractivity contribution is -0.116.